The molecule has 0 aliphatic rings. The number of tetrazole rings is 1. The molecule has 0 saturated heterocycles. The molecule has 0 bridgehead atoms. The van der Waals surface area contributed by atoms with Gasteiger partial charge < -0.3 is 14.0 Å². The Balaban J connectivity index is 1.96. The van der Waals surface area contributed by atoms with E-state index in [0.717, 1.165) is 17.0 Å². The minimum absolute atomic E-state index is 0.658. The van der Waals surface area contributed by atoms with E-state index in [0.29, 0.717) is 30.3 Å². The van der Waals surface area contributed by atoms with E-state index in [4.69, 9.17) is 9.47 Å². The molecule has 8 heteroatoms. The van der Waals surface area contributed by atoms with Gasteiger partial charge in [-0.15, -0.1) is 10.2 Å². The zero-order valence-electron chi connectivity index (χ0n) is 13.3. The number of aromatic nitrogens is 6. The van der Waals surface area contributed by atoms with Crippen molar-refractivity contribution >= 4 is 0 Å². The minimum atomic E-state index is 0.658. The third kappa shape index (κ3) is 3.01. The predicted molar refractivity (Wildman–Crippen MR) is 83.4 cm³/mol. The first-order chi connectivity index (χ1) is 11.2. The first-order valence-corrected chi connectivity index (χ1v) is 7.19. The van der Waals surface area contributed by atoms with Crippen molar-refractivity contribution in [2.75, 3.05) is 14.2 Å². The van der Waals surface area contributed by atoms with E-state index in [2.05, 4.69) is 25.6 Å². The first-order valence-electron chi connectivity index (χ1n) is 7.19. The Bertz CT molecular complexity index is 781. The standard InChI is InChI=1S/C15H18N6O2/c1-10-8-11(14(23-3)12(9-10)22-2)15-16-5-7-21(15)6-4-13-17-19-20-18-13/h5,7-9H,4,6H2,1-3H3,(H,17,18,19,20). The summed E-state index contributed by atoms with van der Waals surface area (Å²) in [5.74, 6) is 2.84. The Labute approximate surface area is 133 Å². The van der Waals surface area contributed by atoms with E-state index >= 15 is 0 Å². The molecule has 1 aromatic carbocycles. The Kier molecular flexibility index (Phi) is 4.22. The monoisotopic (exact) mass is 314 g/mol. The lowest BCUT2D eigenvalue weighted by molar-refractivity contribution is 0.355. The predicted octanol–water partition coefficient (Wildman–Crippen LogP) is 1.63. The Morgan fingerprint density at radius 2 is 2.09 bits per heavy atom. The van der Waals surface area contributed by atoms with Gasteiger partial charge in [0.25, 0.3) is 0 Å². The van der Waals surface area contributed by atoms with Crippen LogP contribution in [0.15, 0.2) is 24.5 Å². The van der Waals surface area contributed by atoms with Crippen LogP contribution in [0.3, 0.4) is 0 Å². The van der Waals surface area contributed by atoms with Gasteiger partial charge in [0.05, 0.1) is 19.8 Å². The molecule has 0 aliphatic carbocycles. The van der Waals surface area contributed by atoms with Crippen LogP contribution in [0.2, 0.25) is 0 Å². The van der Waals surface area contributed by atoms with E-state index < -0.39 is 0 Å². The van der Waals surface area contributed by atoms with Gasteiger partial charge in [-0.3, -0.25) is 0 Å². The van der Waals surface area contributed by atoms with Gasteiger partial charge in [0, 0.05) is 25.4 Å². The average molecular weight is 314 g/mol. The number of imidazole rings is 1. The second kappa shape index (κ2) is 6.47. The number of aryl methyl sites for hydroxylation is 3. The van der Waals surface area contributed by atoms with Crippen LogP contribution in [-0.2, 0) is 13.0 Å². The number of ether oxygens (including phenoxy) is 2. The maximum absolute atomic E-state index is 5.53. The van der Waals surface area contributed by atoms with E-state index in [-0.39, 0.29) is 0 Å². The third-order valence-corrected chi connectivity index (χ3v) is 3.55. The summed E-state index contributed by atoms with van der Waals surface area (Å²) < 4.78 is 13.0. The second-order valence-corrected chi connectivity index (χ2v) is 5.07. The highest BCUT2D eigenvalue weighted by Crippen LogP contribution is 2.38. The number of benzene rings is 1. The zero-order valence-corrected chi connectivity index (χ0v) is 13.3. The summed E-state index contributed by atoms with van der Waals surface area (Å²) in [6.45, 7) is 2.70. The van der Waals surface area contributed by atoms with Crippen molar-refractivity contribution in [3.05, 3.63) is 35.9 Å². The normalized spacial score (nSPS) is 10.7. The fourth-order valence-electron chi connectivity index (χ4n) is 2.51. The number of H-pyrrole nitrogens is 1. The van der Waals surface area contributed by atoms with E-state index in [9.17, 15) is 0 Å². The Morgan fingerprint density at radius 3 is 2.78 bits per heavy atom. The molecule has 0 amide bonds. The van der Waals surface area contributed by atoms with Crippen LogP contribution in [-0.4, -0.2) is 44.4 Å². The lowest BCUT2D eigenvalue weighted by Gasteiger charge is -2.15. The molecule has 8 nitrogen and oxygen atoms in total. The number of methoxy groups -OCH3 is 2. The van der Waals surface area contributed by atoms with Crippen LogP contribution in [0.1, 0.15) is 11.4 Å². The van der Waals surface area contributed by atoms with Crippen LogP contribution in [0, 0.1) is 6.92 Å². The fourth-order valence-corrected chi connectivity index (χ4v) is 2.51. The van der Waals surface area contributed by atoms with Crippen molar-refractivity contribution in [2.24, 2.45) is 0 Å². The van der Waals surface area contributed by atoms with Crippen LogP contribution < -0.4 is 9.47 Å². The second-order valence-electron chi connectivity index (χ2n) is 5.07. The molecule has 2 heterocycles. The minimum Gasteiger partial charge on any atom is -0.493 e. The van der Waals surface area contributed by atoms with E-state index in [1.54, 1.807) is 20.4 Å². The highest BCUT2D eigenvalue weighted by Gasteiger charge is 2.17. The molecule has 120 valence electrons. The van der Waals surface area contributed by atoms with Gasteiger partial charge in [-0.05, 0) is 24.6 Å². The molecule has 2 aromatic heterocycles. The molecule has 3 aromatic rings. The maximum atomic E-state index is 5.53. The Hall–Kier alpha value is -2.90. The molecule has 0 fully saturated rings. The number of hydrogen-bond acceptors (Lipinski definition) is 6. The zero-order chi connectivity index (χ0) is 16.2. The van der Waals surface area contributed by atoms with Crippen molar-refractivity contribution < 1.29 is 9.47 Å². The lowest BCUT2D eigenvalue weighted by atomic mass is 10.1. The highest BCUT2D eigenvalue weighted by molar-refractivity contribution is 5.70. The molecule has 0 saturated carbocycles. The molecule has 23 heavy (non-hydrogen) atoms. The fraction of sp³-hybridized carbons (Fsp3) is 0.333. The summed E-state index contributed by atoms with van der Waals surface area (Å²) in [5, 5.41) is 14.0. The molecule has 0 aliphatic heterocycles. The van der Waals surface area contributed by atoms with Crippen LogP contribution >= 0.6 is 0 Å². The van der Waals surface area contributed by atoms with Crippen LogP contribution in [0.5, 0.6) is 11.5 Å². The summed E-state index contributed by atoms with van der Waals surface area (Å²) in [7, 11) is 3.26. The number of hydrogen-bond donors (Lipinski definition) is 1. The molecular formula is C15H18N6O2. The van der Waals surface area contributed by atoms with Crippen LogP contribution in [0.25, 0.3) is 11.4 Å². The molecule has 1 N–H and O–H groups in total. The maximum Gasteiger partial charge on any atom is 0.176 e. The van der Waals surface area contributed by atoms with Crippen molar-refractivity contribution in [1.82, 2.24) is 30.2 Å². The van der Waals surface area contributed by atoms with Gasteiger partial charge in [-0.2, -0.15) is 5.21 Å². The van der Waals surface area contributed by atoms with Crippen LogP contribution in [0.4, 0.5) is 0 Å². The van der Waals surface area contributed by atoms with Crippen molar-refractivity contribution in [2.45, 2.75) is 19.9 Å². The van der Waals surface area contributed by atoms with E-state index in [1.165, 1.54) is 0 Å². The topological polar surface area (TPSA) is 90.7 Å². The number of nitrogens with zero attached hydrogens (tertiary/aromatic N) is 5. The molecular weight excluding hydrogens is 296 g/mol. The Morgan fingerprint density at radius 1 is 1.22 bits per heavy atom. The highest BCUT2D eigenvalue weighted by atomic mass is 16.5. The number of nitrogens with one attached hydrogen (secondary N) is 1. The average Bonchev–Trinajstić information content (AvgIpc) is 3.23. The SMILES string of the molecule is COc1cc(C)cc(-c2nccn2CCc2nn[nH]n2)c1OC. The number of aromatic amines is 1. The molecule has 0 radical (unpaired) electrons. The number of rotatable bonds is 6. The summed E-state index contributed by atoms with van der Waals surface area (Å²) in [6, 6.07) is 3.98. The molecule has 0 atom stereocenters. The van der Waals surface area contributed by atoms with Gasteiger partial charge in [0.1, 0.15) is 5.82 Å². The van der Waals surface area contributed by atoms with Crippen molar-refractivity contribution in [1.29, 1.82) is 0 Å². The molecule has 0 unspecified atom stereocenters. The van der Waals surface area contributed by atoms with Gasteiger partial charge in [0.2, 0.25) is 0 Å². The largest absolute Gasteiger partial charge is 0.493 e. The molecule has 0 spiro atoms. The summed E-state index contributed by atoms with van der Waals surface area (Å²) in [6.07, 6.45) is 4.34. The van der Waals surface area contributed by atoms with E-state index in [1.807, 2.05) is 29.8 Å². The summed E-state index contributed by atoms with van der Waals surface area (Å²) >= 11 is 0. The molecule has 3 rings (SSSR count). The van der Waals surface area contributed by atoms with Gasteiger partial charge in [-0.25, -0.2) is 4.98 Å². The van der Waals surface area contributed by atoms with Crippen molar-refractivity contribution in [3.63, 3.8) is 0 Å². The van der Waals surface area contributed by atoms with Gasteiger partial charge in [0.15, 0.2) is 17.3 Å². The lowest BCUT2D eigenvalue weighted by Crippen LogP contribution is -2.05. The van der Waals surface area contributed by atoms with Crippen molar-refractivity contribution in [3.8, 4) is 22.9 Å². The third-order valence-electron chi connectivity index (χ3n) is 3.55. The van der Waals surface area contributed by atoms with Gasteiger partial charge in [-0.1, -0.05) is 5.21 Å². The summed E-state index contributed by atoms with van der Waals surface area (Å²) in [5.41, 5.74) is 1.97. The first kappa shape index (κ1) is 15.0. The summed E-state index contributed by atoms with van der Waals surface area (Å²) in [4.78, 5) is 4.47. The smallest absolute Gasteiger partial charge is 0.176 e. The quantitative estimate of drug-likeness (QED) is 0.743. The van der Waals surface area contributed by atoms with Gasteiger partial charge >= 0.3 is 0 Å².